The third kappa shape index (κ3) is 5.93. The van der Waals surface area contributed by atoms with Gasteiger partial charge in [0, 0.05) is 36.1 Å². The molecular weight excluding hydrogens is 442 g/mol. The first-order valence-corrected chi connectivity index (χ1v) is 13.0. The summed E-state index contributed by atoms with van der Waals surface area (Å²) in [7, 11) is 0.0735. The Morgan fingerprint density at radius 2 is 1.76 bits per heavy atom. The van der Waals surface area contributed by atoms with Crippen LogP contribution in [0.1, 0.15) is 57.4 Å². The SMILES string of the molecule is CC1=C(CCCCS(=O)(=O)[O-])c2c(cc(OCCCCCC(=O)O)c3ccccc23)[N+]1(C)C. The fourth-order valence-electron chi connectivity index (χ4n) is 4.53. The van der Waals surface area contributed by atoms with E-state index in [4.69, 9.17) is 9.84 Å². The van der Waals surface area contributed by atoms with Crippen LogP contribution >= 0.6 is 0 Å². The topological polar surface area (TPSA) is 104 Å². The quantitative estimate of drug-likeness (QED) is 0.266. The molecule has 180 valence electrons. The lowest BCUT2D eigenvalue weighted by molar-refractivity contribution is -0.137. The van der Waals surface area contributed by atoms with Crippen LogP contribution in [0, 0.1) is 0 Å². The third-order valence-electron chi connectivity index (χ3n) is 6.53. The van der Waals surface area contributed by atoms with Gasteiger partial charge in [-0.05, 0) is 43.9 Å². The summed E-state index contributed by atoms with van der Waals surface area (Å²) in [4.78, 5) is 10.7. The van der Waals surface area contributed by atoms with Crippen LogP contribution in [-0.4, -0.2) is 50.5 Å². The molecule has 0 aromatic heterocycles. The zero-order chi connectivity index (χ0) is 24.2. The van der Waals surface area contributed by atoms with Crippen molar-refractivity contribution in [2.75, 3.05) is 26.5 Å². The fraction of sp³-hybridized carbons (Fsp3) is 0.480. The molecule has 0 aliphatic carbocycles. The monoisotopic (exact) mass is 475 g/mol. The van der Waals surface area contributed by atoms with Crippen LogP contribution in [0.3, 0.4) is 0 Å². The standard InChI is InChI=1S/C25H33NO6S/c1-18-19(11-8-10-16-33(29,30)31)25-21-13-7-6-12-20(21)23(17-22(25)26(18,2)3)32-15-9-4-5-14-24(27)28/h6-7,12-13,17H,4-5,8-11,14-16H2,1-3H3,(H-,27,28,29,30,31). The van der Waals surface area contributed by atoms with E-state index >= 15 is 0 Å². The van der Waals surface area contributed by atoms with Crippen LogP contribution in [-0.2, 0) is 14.9 Å². The van der Waals surface area contributed by atoms with Crippen molar-refractivity contribution in [3.63, 3.8) is 0 Å². The smallest absolute Gasteiger partial charge is 0.303 e. The van der Waals surface area contributed by atoms with E-state index in [9.17, 15) is 17.8 Å². The number of nitrogens with zero attached hydrogens (tertiary/aromatic N) is 1. The van der Waals surface area contributed by atoms with Crippen molar-refractivity contribution in [1.82, 2.24) is 4.48 Å². The van der Waals surface area contributed by atoms with Crippen LogP contribution in [0.15, 0.2) is 36.0 Å². The van der Waals surface area contributed by atoms with Gasteiger partial charge < -0.3 is 14.4 Å². The first-order valence-electron chi connectivity index (χ1n) is 11.4. The zero-order valence-corrected chi connectivity index (χ0v) is 20.4. The molecule has 0 saturated carbocycles. The molecular formula is C25H33NO6S. The highest BCUT2D eigenvalue weighted by atomic mass is 32.2. The molecule has 3 rings (SSSR count). The van der Waals surface area contributed by atoms with E-state index in [2.05, 4.69) is 33.2 Å². The molecule has 0 spiro atoms. The molecule has 33 heavy (non-hydrogen) atoms. The molecule has 0 atom stereocenters. The van der Waals surface area contributed by atoms with Crippen molar-refractivity contribution >= 4 is 38.1 Å². The van der Waals surface area contributed by atoms with Gasteiger partial charge in [-0.15, -0.1) is 0 Å². The van der Waals surface area contributed by atoms with Gasteiger partial charge in [0.15, 0.2) is 0 Å². The first-order chi connectivity index (χ1) is 15.5. The Morgan fingerprint density at radius 1 is 1.06 bits per heavy atom. The second-order valence-corrected chi connectivity index (χ2v) is 10.6. The lowest BCUT2D eigenvalue weighted by Gasteiger charge is -2.26. The number of hydrogen-bond acceptors (Lipinski definition) is 5. The number of carboxylic acids is 1. The van der Waals surface area contributed by atoms with Crippen molar-refractivity contribution in [2.24, 2.45) is 0 Å². The Hall–Kier alpha value is -2.42. The number of carboxylic acid groups (broad SMARTS) is 1. The van der Waals surface area contributed by atoms with Gasteiger partial charge >= 0.3 is 5.97 Å². The molecule has 2 aromatic carbocycles. The van der Waals surface area contributed by atoms with Gasteiger partial charge in [-0.3, -0.25) is 9.28 Å². The molecule has 2 aromatic rings. The molecule has 0 unspecified atom stereocenters. The van der Waals surface area contributed by atoms with Gasteiger partial charge in [-0.25, -0.2) is 8.42 Å². The number of hydrogen-bond donors (Lipinski definition) is 1. The van der Waals surface area contributed by atoms with E-state index in [1.54, 1.807) is 0 Å². The fourth-order valence-corrected chi connectivity index (χ4v) is 5.09. The molecule has 1 N–H and O–H groups in total. The zero-order valence-electron chi connectivity index (χ0n) is 19.6. The average molecular weight is 476 g/mol. The maximum Gasteiger partial charge on any atom is 0.303 e. The Balaban J connectivity index is 1.85. The summed E-state index contributed by atoms with van der Waals surface area (Å²) >= 11 is 0. The Bertz CT molecular complexity index is 1170. The van der Waals surface area contributed by atoms with Crippen LogP contribution in [0.25, 0.3) is 16.3 Å². The summed E-state index contributed by atoms with van der Waals surface area (Å²) in [5.74, 6) is -0.279. The number of carbonyl (C=O) groups is 1. The lowest BCUT2D eigenvalue weighted by Crippen LogP contribution is -2.36. The van der Waals surface area contributed by atoms with Crippen LogP contribution in [0.4, 0.5) is 5.69 Å². The van der Waals surface area contributed by atoms with Crippen molar-refractivity contribution in [2.45, 2.75) is 51.9 Å². The maximum atomic E-state index is 11.0. The van der Waals surface area contributed by atoms with Gasteiger partial charge in [-0.2, -0.15) is 0 Å². The van der Waals surface area contributed by atoms with Crippen molar-refractivity contribution in [3.8, 4) is 5.75 Å². The second-order valence-electron chi connectivity index (χ2n) is 9.10. The van der Waals surface area contributed by atoms with E-state index in [0.717, 1.165) is 35.1 Å². The molecule has 0 radical (unpaired) electrons. The molecule has 1 aliphatic rings. The van der Waals surface area contributed by atoms with Gasteiger partial charge in [0.1, 0.15) is 17.1 Å². The molecule has 0 saturated heterocycles. The highest BCUT2D eigenvalue weighted by Gasteiger charge is 2.38. The number of ether oxygens (including phenoxy) is 1. The van der Waals surface area contributed by atoms with Crippen molar-refractivity contribution in [1.29, 1.82) is 0 Å². The maximum absolute atomic E-state index is 11.0. The van der Waals surface area contributed by atoms with E-state index in [0.29, 0.717) is 36.8 Å². The lowest BCUT2D eigenvalue weighted by atomic mass is 9.94. The highest BCUT2D eigenvalue weighted by Crippen LogP contribution is 2.50. The normalized spacial score (nSPS) is 15.2. The minimum absolute atomic E-state index is 0.182. The second kappa shape index (κ2) is 10.2. The molecule has 8 heteroatoms. The van der Waals surface area contributed by atoms with E-state index in [1.807, 2.05) is 18.2 Å². The number of quaternary nitrogens is 1. The highest BCUT2D eigenvalue weighted by molar-refractivity contribution is 7.85. The summed E-state index contributed by atoms with van der Waals surface area (Å²) in [6.07, 6.45) is 4.13. The van der Waals surface area contributed by atoms with Crippen molar-refractivity contribution in [3.05, 3.63) is 41.6 Å². The van der Waals surface area contributed by atoms with Crippen molar-refractivity contribution < 1.29 is 27.6 Å². The van der Waals surface area contributed by atoms with Gasteiger partial charge in [0.25, 0.3) is 0 Å². The average Bonchev–Trinajstić information content (AvgIpc) is 2.93. The Morgan fingerprint density at radius 3 is 2.42 bits per heavy atom. The summed E-state index contributed by atoms with van der Waals surface area (Å²) in [6.45, 7) is 2.64. The number of allylic oxidation sites excluding steroid dienone is 2. The summed E-state index contributed by atoms with van der Waals surface area (Å²) in [6, 6.07) is 10.2. The number of fused-ring (bicyclic) bond motifs is 3. The number of aliphatic carboxylic acids is 1. The number of unbranched alkanes of at least 4 members (excludes halogenated alkanes) is 3. The first kappa shape index (κ1) is 25.2. The minimum atomic E-state index is -4.19. The predicted molar refractivity (Wildman–Crippen MR) is 130 cm³/mol. The van der Waals surface area contributed by atoms with Crippen LogP contribution in [0.2, 0.25) is 0 Å². The molecule has 1 aliphatic heterocycles. The predicted octanol–water partition coefficient (Wildman–Crippen LogP) is 4.89. The molecule has 1 heterocycles. The summed E-state index contributed by atoms with van der Waals surface area (Å²) in [5.41, 5.74) is 4.71. The Labute approximate surface area is 196 Å². The molecule has 0 fully saturated rings. The number of benzene rings is 2. The largest absolute Gasteiger partial charge is 0.748 e. The van der Waals surface area contributed by atoms with E-state index in [-0.39, 0.29) is 12.2 Å². The third-order valence-corrected chi connectivity index (χ3v) is 7.32. The van der Waals surface area contributed by atoms with E-state index in [1.165, 1.54) is 16.8 Å². The van der Waals surface area contributed by atoms with E-state index < -0.39 is 16.1 Å². The Kier molecular flexibility index (Phi) is 7.82. The van der Waals surface area contributed by atoms with Gasteiger partial charge in [0.2, 0.25) is 0 Å². The molecule has 0 bridgehead atoms. The minimum Gasteiger partial charge on any atom is -0.748 e. The molecule has 0 amide bonds. The number of rotatable bonds is 12. The van der Waals surface area contributed by atoms with Crippen LogP contribution < -0.4 is 9.22 Å². The van der Waals surface area contributed by atoms with Crippen LogP contribution in [0.5, 0.6) is 5.75 Å². The summed E-state index contributed by atoms with van der Waals surface area (Å²) < 4.78 is 39.7. The summed E-state index contributed by atoms with van der Waals surface area (Å²) in [5, 5.41) is 10.9. The van der Waals surface area contributed by atoms with Gasteiger partial charge in [0.05, 0.1) is 36.4 Å². The molecule has 7 nitrogen and oxygen atoms in total. The van der Waals surface area contributed by atoms with Gasteiger partial charge in [-0.1, -0.05) is 24.3 Å².